The van der Waals surface area contributed by atoms with Crippen molar-refractivity contribution < 1.29 is 23.5 Å². The van der Waals surface area contributed by atoms with Crippen LogP contribution in [-0.4, -0.2) is 30.3 Å². The van der Waals surface area contributed by atoms with Gasteiger partial charge in [0.25, 0.3) is 0 Å². The zero-order valence-corrected chi connectivity index (χ0v) is 20.3. The van der Waals surface area contributed by atoms with Gasteiger partial charge in [-0.25, -0.2) is 4.79 Å². The first-order valence-corrected chi connectivity index (χ1v) is 11.9. The molecule has 1 saturated carbocycles. The predicted octanol–water partition coefficient (Wildman–Crippen LogP) is 5.79. The topological polar surface area (TPSA) is 101 Å². The second-order valence-electron chi connectivity index (χ2n) is 9.14. The van der Waals surface area contributed by atoms with E-state index in [-0.39, 0.29) is 48.1 Å². The quantitative estimate of drug-likeness (QED) is 0.362. The van der Waals surface area contributed by atoms with Crippen molar-refractivity contribution in [1.29, 1.82) is 5.26 Å². The molecule has 0 atom stereocenters. The molecular formula is C27H32N2O5. The summed E-state index contributed by atoms with van der Waals surface area (Å²) in [5.74, 6) is 0.247. The molecule has 1 aromatic heterocycles. The summed E-state index contributed by atoms with van der Waals surface area (Å²) in [5, 5.41) is 8.75. The summed E-state index contributed by atoms with van der Waals surface area (Å²) in [6, 6.07) is 9.87. The molecule has 0 saturated heterocycles. The molecule has 0 N–H and O–H groups in total. The fourth-order valence-electron chi connectivity index (χ4n) is 4.34. The zero-order chi connectivity index (χ0) is 24.8. The average Bonchev–Trinajstić information content (AvgIpc) is 3.24. The van der Waals surface area contributed by atoms with E-state index in [2.05, 4.69) is 6.92 Å². The molecule has 0 spiro atoms. The number of esters is 1. The van der Waals surface area contributed by atoms with Gasteiger partial charge in [0.05, 0.1) is 19.1 Å². The van der Waals surface area contributed by atoms with E-state index < -0.39 is 5.97 Å². The number of amides is 1. The molecule has 1 amide bonds. The van der Waals surface area contributed by atoms with E-state index in [1.807, 2.05) is 19.9 Å². The van der Waals surface area contributed by atoms with Crippen LogP contribution in [0.4, 0.5) is 5.88 Å². The number of nitrogens with zero attached hydrogens (tertiary/aromatic N) is 2. The maximum atomic E-state index is 13.6. The molecule has 34 heavy (non-hydrogen) atoms. The maximum Gasteiger partial charge on any atom is 0.343 e. The Bertz CT molecular complexity index is 1070. The number of benzene rings is 1. The van der Waals surface area contributed by atoms with Gasteiger partial charge in [0, 0.05) is 29.2 Å². The third-order valence-electron chi connectivity index (χ3n) is 6.28. The summed E-state index contributed by atoms with van der Waals surface area (Å²) < 4.78 is 11.4. The van der Waals surface area contributed by atoms with Crippen LogP contribution in [0.2, 0.25) is 0 Å². The Balaban J connectivity index is 1.99. The lowest BCUT2D eigenvalue weighted by Crippen LogP contribution is -2.42. The van der Waals surface area contributed by atoms with Gasteiger partial charge < -0.3 is 9.15 Å². The highest BCUT2D eigenvalue weighted by Gasteiger charge is 2.35. The van der Waals surface area contributed by atoms with Crippen molar-refractivity contribution in [2.75, 3.05) is 11.5 Å². The number of furan rings is 1. The number of ether oxygens (including phenoxy) is 1. The number of carbonyl (C=O) groups is 3. The Morgan fingerprint density at radius 1 is 1.15 bits per heavy atom. The van der Waals surface area contributed by atoms with Gasteiger partial charge in [-0.05, 0) is 52.4 Å². The van der Waals surface area contributed by atoms with Crippen molar-refractivity contribution >= 4 is 23.5 Å². The average molecular weight is 465 g/mol. The fraction of sp³-hybridized carbons (Fsp3) is 0.481. The summed E-state index contributed by atoms with van der Waals surface area (Å²) in [6.45, 7) is 7.93. The number of carbonyl (C=O) groups excluding carboxylic acids is 3. The van der Waals surface area contributed by atoms with Crippen molar-refractivity contribution in [3.05, 3.63) is 41.5 Å². The Hall–Kier alpha value is -3.40. The van der Waals surface area contributed by atoms with Gasteiger partial charge in [0.2, 0.25) is 11.8 Å². The highest BCUT2D eigenvalue weighted by molar-refractivity contribution is 6.03. The lowest BCUT2D eigenvalue weighted by atomic mass is 9.82. The van der Waals surface area contributed by atoms with Crippen molar-refractivity contribution in [3.63, 3.8) is 0 Å². The van der Waals surface area contributed by atoms with Crippen LogP contribution in [0.25, 0.3) is 11.3 Å². The van der Waals surface area contributed by atoms with E-state index >= 15 is 0 Å². The smallest absolute Gasteiger partial charge is 0.343 e. The maximum absolute atomic E-state index is 13.6. The predicted molar refractivity (Wildman–Crippen MR) is 128 cm³/mol. The van der Waals surface area contributed by atoms with Gasteiger partial charge in [-0.1, -0.05) is 31.2 Å². The van der Waals surface area contributed by atoms with Gasteiger partial charge >= 0.3 is 5.97 Å². The normalized spacial score (nSPS) is 17.8. The fourth-order valence-corrected chi connectivity index (χ4v) is 4.34. The van der Waals surface area contributed by atoms with Crippen LogP contribution in [0.3, 0.4) is 0 Å². The highest BCUT2D eigenvalue weighted by Crippen LogP contribution is 2.37. The monoisotopic (exact) mass is 464 g/mol. The zero-order valence-electron chi connectivity index (χ0n) is 20.3. The SMILES string of the molecule is CCOC(=O)c1cc(-c2ccc(C(=O)CC#N)cc2)oc1N(C(=O)C1CCC(C)CC1)C(C)C. The lowest BCUT2D eigenvalue weighted by molar-refractivity contribution is -0.124. The molecule has 0 aliphatic heterocycles. The number of hydrogen-bond acceptors (Lipinski definition) is 6. The molecule has 7 nitrogen and oxygen atoms in total. The van der Waals surface area contributed by atoms with Gasteiger partial charge in [0.15, 0.2) is 5.78 Å². The number of Topliss-reactive ketones (excluding diaryl/α,β-unsaturated/α-hetero) is 1. The lowest BCUT2D eigenvalue weighted by Gasteiger charge is -2.32. The molecular weight excluding hydrogens is 432 g/mol. The number of hydrogen-bond donors (Lipinski definition) is 0. The van der Waals surface area contributed by atoms with Crippen molar-refractivity contribution in [2.24, 2.45) is 11.8 Å². The van der Waals surface area contributed by atoms with Crippen molar-refractivity contribution in [3.8, 4) is 17.4 Å². The molecule has 1 fully saturated rings. The first-order valence-electron chi connectivity index (χ1n) is 11.9. The third kappa shape index (κ3) is 5.56. The van der Waals surface area contributed by atoms with Crippen LogP contribution in [0, 0.1) is 23.2 Å². The van der Waals surface area contributed by atoms with Gasteiger partial charge in [0.1, 0.15) is 11.3 Å². The Kier molecular flexibility index (Phi) is 8.27. The molecule has 1 aromatic carbocycles. The second-order valence-corrected chi connectivity index (χ2v) is 9.14. The van der Waals surface area contributed by atoms with Gasteiger partial charge in [-0.15, -0.1) is 0 Å². The molecule has 1 heterocycles. The Morgan fingerprint density at radius 3 is 2.35 bits per heavy atom. The van der Waals surface area contributed by atoms with E-state index in [0.29, 0.717) is 22.8 Å². The molecule has 1 aliphatic carbocycles. The standard InChI is InChI=1S/C27H32N2O5/c1-5-33-27(32)22-16-24(20-12-10-19(11-13-20)23(30)14-15-28)34-26(22)29(17(2)3)25(31)21-8-6-18(4)7-9-21/h10-13,16-18,21H,5-9,14H2,1-4H3. The summed E-state index contributed by atoms with van der Waals surface area (Å²) in [6.07, 6.45) is 3.47. The Morgan fingerprint density at radius 2 is 1.79 bits per heavy atom. The first-order chi connectivity index (χ1) is 16.3. The summed E-state index contributed by atoms with van der Waals surface area (Å²) in [7, 11) is 0. The summed E-state index contributed by atoms with van der Waals surface area (Å²) in [4.78, 5) is 39.9. The molecule has 0 unspecified atom stereocenters. The van der Waals surface area contributed by atoms with E-state index in [1.54, 1.807) is 42.2 Å². The van der Waals surface area contributed by atoms with Crippen LogP contribution in [-0.2, 0) is 9.53 Å². The minimum absolute atomic E-state index is 0.0363. The largest absolute Gasteiger partial charge is 0.462 e. The highest BCUT2D eigenvalue weighted by atomic mass is 16.5. The summed E-state index contributed by atoms with van der Waals surface area (Å²) in [5.41, 5.74) is 1.27. The molecule has 2 aromatic rings. The number of nitriles is 1. The number of anilines is 1. The summed E-state index contributed by atoms with van der Waals surface area (Å²) >= 11 is 0. The van der Waals surface area contributed by atoms with Crippen LogP contribution in [0.15, 0.2) is 34.7 Å². The minimum atomic E-state index is -0.552. The third-order valence-corrected chi connectivity index (χ3v) is 6.28. The van der Waals surface area contributed by atoms with Gasteiger partial charge in [-0.3, -0.25) is 14.5 Å². The molecule has 3 rings (SSSR count). The van der Waals surface area contributed by atoms with Crippen molar-refractivity contribution in [1.82, 2.24) is 0 Å². The minimum Gasteiger partial charge on any atom is -0.462 e. The number of rotatable bonds is 8. The molecule has 0 bridgehead atoms. The van der Waals surface area contributed by atoms with E-state index in [4.69, 9.17) is 14.4 Å². The van der Waals surface area contributed by atoms with Gasteiger partial charge in [-0.2, -0.15) is 5.26 Å². The molecule has 1 aliphatic rings. The second kappa shape index (κ2) is 11.1. The Labute approximate surface area is 200 Å². The number of ketones is 1. The van der Waals surface area contributed by atoms with Crippen LogP contribution in [0.5, 0.6) is 0 Å². The van der Waals surface area contributed by atoms with E-state index in [9.17, 15) is 14.4 Å². The molecule has 0 radical (unpaired) electrons. The molecule has 7 heteroatoms. The van der Waals surface area contributed by atoms with E-state index in [0.717, 1.165) is 25.7 Å². The first kappa shape index (κ1) is 25.2. The molecule has 180 valence electrons. The van der Waals surface area contributed by atoms with E-state index in [1.165, 1.54) is 0 Å². The van der Waals surface area contributed by atoms with Crippen molar-refractivity contribution in [2.45, 2.75) is 65.8 Å². The van der Waals surface area contributed by atoms with Crippen LogP contribution >= 0.6 is 0 Å². The van der Waals surface area contributed by atoms with Crippen LogP contribution in [0.1, 0.15) is 80.5 Å². The van der Waals surface area contributed by atoms with Crippen LogP contribution < -0.4 is 4.90 Å².